The Morgan fingerprint density at radius 1 is 1.29 bits per heavy atom. The van der Waals surface area contributed by atoms with E-state index in [1.54, 1.807) is 24.3 Å². The van der Waals surface area contributed by atoms with Crippen LogP contribution in [0.2, 0.25) is 5.02 Å². The molecule has 2 aromatic carbocycles. The molecule has 3 N–H and O–H groups in total. The zero-order valence-corrected chi connectivity index (χ0v) is 13.3. The average Bonchev–Trinajstić information content (AvgIpc) is 2.43. The van der Waals surface area contributed by atoms with Crippen molar-refractivity contribution in [1.29, 1.82) is 0 Å². The summed E-state index contributed by atoms with van der Waals surface area (Å²) in [7, 11) is -4.12. The summed E-state index contributed by atoms with van der Waals surface area (Å²) < 4.78 is 40.9. The van der Waals surface area contributed by atoms with E-state index in [2.05, 4.69) is 4.72 Å². The van der Waals surface area contributed by atoms with Crippen molar-refractivity contribution in [1.82, 2.24) is 0 Å². The quantitative estimate of drug-likeness (QED) is 0.655. The molecular weight excluding hydrogens is 335 g/mol. The first-order chi connectivity index (χ1) is 9.85. The normalized spacial score (nSPS) is 11.4. The van der Waals surface area contributed by atoms with Crippen LogP contribution in [-0.2, 0) is 10.0 Å². The zero-order chi connectivity index (χ0) is 15.6. The fraction of sp³-hybridized carbons (Fsp3) is 0.0769. The summed E-state index contributed by atoms with van der Waals surface area (Å²) in [6.07, 6.45) is 1.81. The number of benzene rings is 2. The monoisotopic (exact) mass is 346 g/mol. The number of nitrogens with two attached hydrogens (primary N) is 1. The van der Waals surface area contributed by atoms with Gasteiger partial charge in [-0.15, -0.1) is 11.8 Å². The topological polar surface area (TPSA) is 72.2 Å². The number of nitrogen functional groups attached to an aromatic ring is 1. The van der Waals surface area contributed by atoms with Crippen LogP contribution in [0, 0.1) is 5.82 Å². The number of halogens is 2. The molecule has 0 fully saturated rings. The van der Waals surface area contributed by atoms with E-state index in [1.165, 1.54) is 11.8 Å². The molecule has 112 valence electrons. The van der Waals surface area contributed by atoms with Crippen molar-refractivity contribution in [3.63, 3.8) is 0 Å². The second-order valence-corrected chi connectivity index (χ2v) is 7.03. The molecule has 0 saturated carbocycles. The lowest BCUT2D eigenvalue weighted by atomic mass is 10.3. The van der Waals surface area contributed by atoms with E-state index in [4.69, 9.17) is 17.3 Å². The van der Waals surface area contributed by atoms with E-state index < -0.39 is 20.7 Å². The van der Waals surface area contributed by atoms with Crippen LogP contribution in [0.25, 0.3) is 0 Å². The van der Waals surface area contributed by atoms with E-state index in [-0.39, 0.29) is 10.7 Å². The van der Waals surface area contributed by atoms with Crippen molar-refractivity contribution < 1.29 is 12.8 Å². The summed E-state index contributed by atoms with van der Waals surface area (Å²) in [5, 5.41) is -0.339. The fourth-order valence-electron chi connectivity index (χ4n) is 1.71. The summed E-state index contributed by atoms with van der Waals surface area (Å²) >= 11 is 7.01. The molecule has 0 atom stereocenters. The Labute approximate surface area is 131 Å². The maximum Gasteiger partial charge on any atom is 0.264 e. The van der Waals surface area contributed by atoms with Crippen molar-refractivity contribution in [2.24, 2.45) is 0 Å². The third-order valence-corrected chi connectivity index (χ3v) is 5.09. The van der Waals surface area contributed by atoms with E-state index in [0.717, 1.165) is 17.0 Å². The number of hydrogen-bond donors (Lipinski definition) is 2. The first-order valence-corrected chi connectivity index (χ1v) is 8.84. The lowest BCUT2D eigenvalue weighted by Crippen LogP contribution is -2.15. The van der Waals surface area contributed by atoms with Gasteiger partial charge in [0.1, 0.15) is 4.90 Å². The first kappa shape index (κ1) is 15.9. The van der Waals surface area contributed by atoms with Gasteiger partial charge >= 0.3 is 0 Å². The Morgan fingerprint density at radius 2 is 1.95 bits per heavy atom. The van der Waals surface area contributed by atoms with Crippen molar-refractivity contribution in [3.05, 3.63) is 47.2 Å². The molecule has 0 bridgehead atoms. The highest BCUT2D eigenvalue weighted by molar-refractivity contribution is 7.99. The Morgan fingerprint density at radius 3 is 2.62 bits per heavy atom. The minimum absolute atomic E-state index is 0.0694. The van der Waals surface area contributed by atoms with Gasteiger partial charge in [0.05, 0.1) is 10.7 Å². The predicted molar refractivity (Wildman–Crippen MR) is 84.9 cm³/mol. The third-order valence-electron chi connectivity index (χ3n) is 2.66. The maximum absolute atomic E-state index is 14.0. The Balaban J connectivity index is 2.49. The number of nitrogens with one attached hydrogen (secondary N) is 1. The molecule has 2 aromatic rings. The zero-order valence-electron chi connectivity index (χ0n) is 10.9. The number of para-hydroxylation sites is 1. The van der Waals surface area contributed by atoms with Crippen LogP contribution in [0.5, 0.6) is 0 Å². The number of anilines is 2. The van der Waals surface area contributed by atoms with Crippen molar-refractivity contribution >= 4 is 44.8 Å². The predicted octanol–water partition coefficient (Wildman–Crippen LogP) is 3.58. The van der Waals surface area contributed by atoms with Crippen molar-refractivity contribution in [2.75, 3.05) is 16.7 Å². The molecule has 0 unspecified atom stereocenters. The summed E-state index contributed by atoms with van der Waals surface area (Å²) in [4.78, 5) is 0.139. The van der Waals surface area contributed by atoms with Crippen molar-refractivity contribution in [3.8, 4) is 0 Å². The molecule has 0 heterocycles. The molecule has 0 aliphatic rings. The van der Waals surface area contributed by atoms with Gasteiger partial charge < -0.3 is 5.73 Å². The smallest absolute Gasteiger partial charge is 0.264 e. The lowest BCUT2D eigenvalue weighted by Gasteiger charge is -2.12. The van der Waals surface area contributed by atoms with Gasteiger partial charge in [-0.3, -0.25) is 4.72 Å². The van der Waals surface area contributed by atoms with Crippen LogP contribution in [0.1, 0.15) is 0 Å². The number of thioether (sulfide) groups is 1. The minimum Gasteiger partial charge on any atom is -0.399 e. The molecule has 21 heavy (non-hydrogen) atoms. The van der Waals surface area contributed by atoms with E-state index in [0.29, 0.717) is 5.69 Å². The number of sulfonamides is 1. The van der Waals surface area contributed by atoms with Gasteiger partial charge in [0.2, 0.25) is 0 Å². The second kappa shape index (κ2) is 6.13. The molecule has 0 spiro atoms. The highest BCUT2D eigenvalue weighted by Crippen LogP contribution is 2.30. The van der Waals surface area contributed by atoms with Crippen LogP contribution in [0.4, 0.5) is 15.8 Å². The van der Waals surface area contributed by atoms with E-state index in [9.17, 15) is 12.8 Å². The van der Waals surface area contributed by atoms with Crippen LogP contribution >= 0.6 is 23.4 Å². The molecule has 0 aromatic heterocycles. The van der Waals surface area contributed by atoms with E-state index in [1.807, 2.05) is 6.26 Å². The summed E-state index contributed by atoms with van der Waals surface area (Å²) in [5.41, 5.74) is 5.96. The largest absolute Gasteiger partial charge is 0.399 e. The van der Waals surface area contributed by atoms with Crippen LogP contribution in [-0.4, -0.2) is 14.7 Å². The van der Waals surface area contributed by atoms with Gasteiger partial charge in [-0.1, -0.05) is 23.7 Å². The highest BCUT2D eigenvalue weighted by Gasteiger charge is 2.22. The standard InChI is InChI=1S/C13H12ClFN2O2S2/c1-20-11-5-3-2-4-10(11)17-21(18,19)12-7-8(16)6-9(14)13(12)15/h2-7,17H,16H2,1H3. The van der Waals surface area contributed by atoms with Crippen molar-refractivity contribution in [2.45, 2.75) is 9.79 Å². The van der Waals surface area contributed by atoms with Gasteiger partial charge in [0, 0.05) is 10.6 Å². The first-order valence-electron chi connectivity index (χ1n) is 5.75. The molecule has 4 nitrogen and oxygen atoms in total. The van der Waals surface area contributed by atoms with Crippen LogP contribution in [0.15, 0.2) is 46.2 Å². The maximum atomic E-state index is 14.0. The molecule has 8 heteroatoms. The summed E-state index contributed by atoms with van der Waals surface area (Å²) in [6.45, 7) is 0. The van der Waals surface area contributed by atoms with Gasteiger partial charge in [-0.2, -0.15) is 0 Å². The fourth-order valence-corrected chi connectivity index (χ4v) is 3.82. The summed E-state index contributed by atoms with van der Waals surface area (Å²) in [6, 6.07) is 9.00. The average molecular weight is 347 g/mol. The third kappa shape index (κ3) is 3.42. The molecule has 2 rings (SSSR count). The SMILES string of the molecule is CSc1ccccc1NS(=O)(=O)c1cc(N)cc(Cl)c1F. The molecule has 0 amide bonds. The Hall–Kier alpha value is -1.44. The van der Waals surface area contributed by atoms with Gasteiger partial charge in [-0.05, 0) is 30.5 Å². The molecular formula is C13H12ClFN2O2S2. The molecule has 0 saturated heterocycles. The minimum atomic E-state index is -4.12. The number of hydrogen-bond acceptors (Lipinski definition) is 4. The lowest BCUT2D eigenvalue weighted by molar-refractivity contribution is 0.571. The van der Waals surface area contributed by atoms with Crippen LogP contribution in [0.3, 0.4) is 0 Å². The molecule has 0 aliphatic heterocycles. The van der Waals surface area contributed by atoms with Crippen LogP contribution < -0.4 is 10.5 Å². The van der Waals surface area contributed by atoms with Gasteiger partial charge in [0.25, 0.3) is 10.0 Å². The number of rotatable bonds is 4. The molecule has 0 aliphatic carbocycles. The highest BCUT2D eigenvalue weighted by atomic mass is 35.5. The Bertz CT molecular complexity index is 782. The van der Waals surface area contributed by atoms with Gasteiger partial charge in [-0.25, -0.2) is 12.8 Å². The van der Waals surface area contributed by atoms with E-state index >= 15 is 0 Å². The Kier molecular flexibility index (Phi) is 4.65. The second-order valence-electron chi connectivity index (χ2n) is 4.12. The summed E-state index contributed by atoms with van der Waals surface area (Å²) in [5.74, 6) is -1.03. The molecule has 0 radical (unpaired) electrons. The van der Waals surface area contributed by atoms with Gasteiger partial charge in [0.15, 0.2) is 5.82 Å².